The van der Waals surface area contributed by atoms with Gasteiger partial charge in [-0.3, -0.25) is 0 Å². The first-order valence-corrected chi connectivity index (χ1v) is 5.50. The molecule has 1 aromatic heterocycles. The maximum absolute atomic E-state index is 5.95. The van der Waals surface area contributed by atoms with Gasteiger partial charge in [-0.05, 0) is 38.0 Å². The van der Waals surface area contributed by atoms with Crippen molar-refractivity contribution < 1.29 is 4.42 Å². The Kier molecular flexibility index (Phi) is 1.86. The minimum Gasteiger partial charge on any atom is -0.461 e. The standard InChI is InChI=1S/C13H15NO/c1-8-2-5-12-9(6-8)7-13(15-12)10-3-4-11(10)14/h2,5-7,10-11H,3-4,14H2,1H3. The van der Waals surface area contributed by atoms with Gasteiger partial charge in [0.05, 0.1) is 0 Å². The van der Waals surface area contributed by atoms with Crippen molar-refractivity contribution in [1.29, 1.82) is 0 Å². The van der Waals surface area contributed by atoms with Crippen LogP contribution in [0.4, 0.5) is 0 Å². The van der Waals surface area contributed by atoms with Gasteiger partial charge >= 0.3 is 0 Å². The van der Waals surface area contributed by atoms with Gasteiger partial charge in [-0.15, -0.1) is 0 Å². The number of rotatable bonds is 1. The highest BCUT2D eigenvalue weighted by molar-refractivity contribution is 5.78. The highest BCUT2D eigenvalue weighted by Gasteiger charge is 2.31. The first-order chi connectivity index (χ1) is 7.24. The van der Waals surface area contributed by atoms with Crippen molar-refractivity contribution in [2.24, 2.45) is 5.73 Å². The number of benzene rings is 1. The molecule has 2 heteroatoms. The molecule has 0 aliphatic heterocycles. The van der Waals surface area contributed by atoms with Gasteiger partial charge in [0, 0.05) is 17.3 Å². The van der Waals surface area contributed by atoms with E-state index in [4.69, 9.17) is 10.2 Å². The lowest BCUT2D eigenvalue weighted by Crippen LogP contribution is -2.37. The van der Waals surface area contributed by atoms with Gasteiger partial charge in [-0.2, -0.15) is 0 Å². The van der Waals surface area contributed by atoms with Crippen LogP contribution >= 0.6 is 0 Å². The fourth-order valence-corrected chi connectivity index (χ4v) is 2.25. The Labute approximate surface area is 89.1 Å². The van der Waals surface area contributed by atoms with Gasteiger partial charge in [0.25, 0.3) is 0 Å². The monoisotopic (exact) mass is 201 g/mol. The van der Waals surface area contributed by atoms with Gasteiger partial charge in [-0.25, -0.2) is 0 Å². The van der Waals surface area contributed by atoms with Gasteiger partial charge in [-0.1, -0.05) is 11.6 Å². The second-order valence-electron chi connectivity index (χ2n) is 4.54. The largest absolute Gasteiger partial charge is 0.461 e. The molecule has 0 bridgehead atoms. The molecule has 2 aromatic rings. The van der Waals surface area contributed by atoms with Crippen molar-refractivity contribution >= 4 is 11.0 Å². The van der Waals surface area contributed by atoms with Gasteiger partial charge in [0.15, 0.2) is 0 Å². The zero-order valence-corrected chi connectivity index (χ0v) is 8.86. The molecule has 78 valence electrons. The Morgan fingerprint density at radius 2 is 2.13 bits per heavy atom. The quantitative estimate of drug-likeness (QED) is 0.770. The molecule has 0 radical (unpaired) electrons. The number of hydrogen-bond acceptors (Lipinski definition) is 2. The van der Waals surface area contributed by atoms with E-state index < -0.39 is 0 Å². The van der Waals surface area contributed by atoms with Crippen molar-refractivity contribution in [3.05, 3.63) is 35.6 Å². The van der Waals surface area contributed by atoms with E-state index >= 15 is 0 Å². The summed E-state index contributed by atoms with van der Waals surface area (Å²) in [4.78, 5) is 0. The van der Waals surface area contributed by atoms with Crippen LogP contribution < -0.4 is 5.73 Å². The van der Waals surface area contributed by atoms with Crippen LogP contribution in [0.3, 0.4) is 0 Å². The first-order valence-electron chi connectivity index (χ1n) is 5.50. The summed E-state index contributed by atoms with van der Waals surface area (Å²) < 4.78 is 5.82. The third-order valence-corrected chi connectivity index (χ3v) is 3.38. The van der Waals surface area contributed by atoms with Crippen LogP contribution in [-0.2, 0) is 0 Å². The third-order valence-electron chi connectivity index (χ3n) is 3.38. The van der Waals surface area contributed by atoms with E-state index in [2.05, 4.69) is 25.1 Å². The van der Waals surface area contributed by atoms with Gasteiger partial charge in [0.1, 0.15) is 11.3 Å². The van der Waals surface area contributed by atoms with Crippen LogP contribution in [-0.4, -0.2) is 6.04 Å². The Morgan fingerprint density at radius 1 is 1.27 bits per heavy atom. The predicted molar refractivity (Wildman–Crippen MR) is 60.9 cm³/mol. The lowest BCUT2D eigenvalue weighted by atomic mass is 9.78. The maximum atomic E-state index is 5.95. The minimum absolute atomic E-state index is 0.298. The topological polar surface area (TPSA) is 39.2 Å². The molecule has 15 heavy (non-hydrogen) atoms. The molecule has 0 spiro atoms. The molecule has 1 aliphatic rings. The summed E-state index contributed by atoms with van der Waals surface area (Å²) in [7, 11) is 0. The lowest BCUT2D eigenvalue weighted by Gasteiger charge is -2.31. The zero-order chi connectivity index (χ0) is 10.4. The summed E-state index contributed by atoms with van der Waals surface area (Å²) in [6, 6.07) is 8.72. The molecular weight excluding hydrogens is 186 g/mol. The molecule has 2 atom stereocenters. The van der Waals surface area contributed by atoms with Gasteiger partial charge < -0.3 is 10.2 Å². The number of fused-ring (bicyclic) bond motifs is 1. The summed E-state index contributed by atoms with van der Waals surface area (Å²) in [5.74, 6) is 1.51. The summed E-state index contributed by atoms with van der Waals surface area (Å²) in [6.07, 6.45) is 2.29. The molecule has 1 aromatic carbocycles. The van der Waals surface area contributed by atoms with Crippen molar-refractivity contribution in [3.63, 3.8) is 0 Å². The lowest BCUT2D eigenvalue weighted by molar-refractivity contribution is 0.303. The van der Waals surface area contributed by atoms with E-state index in [9.17, 15) is 0 Å². The second-order valence-corrected chi connectivity index (χ2v) is 4.54. The molecule has 2 N–H and O–H groups in total. The molecule has 1 saturated carbocycles. The molecule has 2 unspecified atom stereocenters. The van der Waals surface area contributed by atoms with Crippen molar-refractivity contribution in [2.45, 2.75) is 31.7 Å². The molecule has 1 heterocycles. The number of aryl methyl sites for hydroxylation is 1. The van der Waals surface area contributed by atoms with Crippen LogP contribution in [0.1, 0.15) is 30.1 Å². The van der Waals surface area contributed by atoms with Crippen LogP contribution in [0.2, 0.25) is 0 Å². The summed E-state index contributed by atoms with van der Waals surface area (Å²) in [5.41, 5.74) is 8.20. The average Bonchev–Trinajstić information content (AvgIpc) is 2.57. The van der Waals surface area contributed by atoms with Crippen LogP contribution in [0, 0.1) is 6.92 Å². The highest BCUT2D eigenvalue weighted by Crippen LogP contribution is 2.38. The Hall–Kier alpha value is -1.28. The van der Waals surface area contributed by atoms with Crippen molar-refractivity contribution in [1.82, 2.24) is 0 Å². The van der Waals surface area contributed by atoms with E-state index in [-0.39, 0.29) is 0 Å². The summed E-state index contributed by atoms with van der Waals surface area (Å²) in [5, 5.41) is 1.20. The molecule has 1 aliphatic carbocycles. The van der Waals surface area contributed by atoms with Crippen LogP contribution in [0.25, 0.3) is 11.0 Å². The van der Waals surface area contributed by atoms with E-state index in [1.165, 1.54) is 17.4 Å². The Morgan fingerprint density at radius 3 is 2.80 bits per heavy atom. The second kappa shape index (κ2) is 3.11. The molecule has 0 amide bonds. The average molecular weight is 201 g/mol. The van der Waals surface area contributed by atoms with Crippen LogP contribution in [0.5, 0.6) is 0 Å². The maximum Gasteiger partial charge on any atom is 0.134 e. The van der Waals surface area contributed by atoms with E-state index in [0.29, 0.717) is 12.0 Å². The molecular formula is C13H15NO. The van der Waals surface area contributed by atoms with E-state index in [0.717, 1.165) is 17.8 Å². The number of hydrogen-bond donors (Lipinski definition) is 1. The van der Waals surface area contributed by atoms with E-state index in [1.807, 2.05) is 6.07 Å². The third kappa shape index (κ3) is 1.37. The summed E-state index contributed by atoms with van der Waals surface area (Å²) >= 11 is 0. The first kappa shape index (κ1) is 8.98. The van der Waals surface area contributed by atoms with Crippen LogP contribution in [0.15, 0.2) is 28.7 Å². The normalized spacial score (nSPS) is 25.5. The van der Waals surface area contributed by atoms with E-state index in [1.54, 1.807) is 0 Å². The zero-order valence-electron chi connectivity index (χ0n) is 8.86. The smallest absolute Gasteiger partial charge is 0.134 e. The van der Waals surface area contributed by atoms with Crippen molar-refractivity contribution in [2.75, 3.05) is 0 Å². The SMILES string of the molecule is Cc1ccc2oc(C3CCC3N)cc2c1. The predicted octanol–water partition coefficient (Wildman–Crippen LogP) is 2.95. The Bertz CT molecular complexity index is 500. The minimum atomic E-state index is 0.298. The molecule has 2 nitrogen and oxygen atoms in total. The number of nitrogens with two attached hydrogens (primary N) is 1. The highest BCUT2D eigenvalue weighted by atomic mass is 16.3. The molecule has 1 fully saturated rings. The number of furan rings is 1. The fourth-order valence-electron chi connectivity index (χ4n) is 2.25. The van der Waals surface area contributed by atoms with Gasteiger partial charge in [0.2, 0.25) is 0 Å². The van der Waals surface area contributed by atoms with Crippen molar-refractivity contribution in [3.8, 4) is 0 Å². The molecule has 3 rings (SSSR count). The summed E-state index contributed by atoms with van der Waals surface area (Å²) in [6.45, 7) is 2.10. The Balaban J connectivity index is 2.06. The fraction of sp³-hybridized carbons (Fsp3) is 0.385. The molecule has 0 saturated heterocycles.